The van der Waals surface area contributed by atoms with Gasteiger partial charge in [0, 0.05) is 13.0 Å². The average Bonchev–Trinajstić information content (AvgIpc) is 3.26. The Morgan fingerprint density at radius 1 is 1.12 bits per heavy atom. The second-order valence-corrected chi connectivity index (χ2v) is 8.75. The van der Waals surface area contributed by atoms with E-state index in [1.165, 1.54) is 12.1 Å². The lowest BCUT2D eigenvalue weighted by molar-refractivity contribution is -0.150. The predicted octanol–water partition coefficient (Wildman–Crippen LogP) is 4.09. The summed E-state index contributed by atoms with van der Waals surface area (Å²) in [6.45, 7) is 5.66. The molecule has 6 nitrogen and oxygen atoms in total. The number of likely N-dealkylation sites (tertiary alicyclic amines) is 1. The molecule has 1 fully saturated rings. The number of rotatable bonds is 6. The van der Waals surface area contributed by atoms with Crippen molar-refractivity contribution in [3.8, 4) is 0 Å². The van der Waals surface area contributed by atoms with Crippen molar-refractivity contribution >= 4 is 17.6 Å². The minimum atomic E-state index is -0.304. The number of hydrogen-bond donors (Lipinski definition) is 0. The molecule has 2 aromatic rings. The molecular weight excluding hydrogens is 421 g/mol. The fourth-order valence-corrected chi connectivity index (χ4v) is 4.52. The van der Waals surface area contributed by atoms with Gasteiger partial charge in [-0.05, 0) is 56.5 Å². The summed E-state index contributed by atoms with van der Waals surface area (Å²) in [5.74, 6) is -0.801. The second kappa shape index (κ2) is 10.3. The maximum absolute atomic E-state index is 13.4. The largest absolute Gasteiger partial charge is 0.466 e. The van der Waals surface area contributed by atoms with Crippen molar-refractivity contribution in [2.75, 3.05) is 26.2 Å². The summed E-state index contributed by atoms with van der Waals surface area (Å²) in [4.78, 5) is 27.6. The highest BCUT2D eigenvalue weighted by molar-refractivity contribution is 6.03. The quantitative estimate of drug-likeness (QED) is 0.621. The third-order valence-corrected chi connectivity index (χ3v) is 6.29. The molecule has 0 N–H and O–H groups in total. The highest BCUT2D eigenvalue weighted by Crippen LogP contribution is 2.33. The number of carbonyl (C=O) groups is 2. The zero-order valence-electron chi connectivity index (χ0n) is 19.2. The van der Waals surface area contributed by atoms with Gasteiger partial charge in [0.05, 0.1) is 30.8 Å². The van der Waals surface area contributed by atoms with E-state index < -0.39 is 0 Å². The first-order chi connectivity index (χ1) is 15.9. The average molecular weight is 452 g/mol. The predicted molar refractivity (Wildman–Crippen MR) is 124 cm³/mol. The van der Waals surface area contributed by atoms with Crippen molar-refractivity contribution in [2.24, 2.45) is 11.0 Å². The van der Waals surface area contributed by atoms with Crippen LogP contribution in [0, 0.1) is 18.7 Å². The van der Waals surface area contributed by atoms with Gasteiger partial charge in [-0.2, -0.15) is 5.10 Å². The SMILES string of the molecule is CCOC(=O)[C@@H]1CCCN(CC(=O)N2N=C(c3ccc(F)cc3)C[C@H]2c2ccc(C)cc2)C1. The van der Waals surface area contributed by atoms with Crippen LogP contribution < -0.4 is 0 Å². The molecule has 0 radical (unpaired) electrons. The number of piperidine rings is 1. The van der Waals surface area contributed by atoms with Crippen LogP contribution in [0.2, 0.25) is 0 Å². The van der Waals surface area contributed by atoms with E-state index >= 15 is 0 Å². The molecule has 2 heterocycles. The van der Waals surface area contributed by atoms with Crippen molar-refractivity contribution in [1.82, 2.24) is 9.91 Å². The number of hydrazone groups is 1. The van der Waals surface area contributed by atoms with E-state index in [1.807, 2.05) is 36.1 Å². The molecule has 33 heavy (non-hydrogen) atoms. The summed E-state index contributed by atoms with van der Waals surface area (Å²) in [5, 5.41) is 6.24. The number of esters is 1. The number of benzene rings is 2. The Hall–Kier alpha value is -3.06. The van der Waals surface area contributed by atoms with Crippen LogP contribution in [0.4, 0.5) is 4.39 Å². The first-order valence-electron chi connectivity index (χ1n) is 11.6. The van der Waals surface area contributed by atoms with Crippen LogP contribution in [0.3, 0.4) is 0 Å². The van der Waals surface area contributed by atoms with Crippen molar-refractivity contribution < 1.29 is 18.7 Å². The summed E-state index contributed by atoms with van der Waals surface area (Å²) in [7, 11) is 0. The zero-order chi connectivity index (χ0) is 23.4. The highest BCUT2D eigenvalue weighted by atomic mass is 19.1. The van der Waals surface area contributed by atoms with E-state index in [2.05, 4.69) is 5.10 Å². The number of hydrogen-bond acceptors (Lipinski definition) is 5. The molecule has 1 amide bonds. The molecule has 2 aliphatic rings. The van der Waals surface area contributed by atoms with E-state index in [0.29, 0.717) is 19.6 Å². The molecule has 1 saturated heterocycles. The van der Waals surface area contributed by atoms with Crippen LogP contribution >= 0.6 is 0 Å². The summed E-state index contributed by atoms with van der Waals surface area (Å²) < 4.78 is 18.6. The highest BCUT2D eigenvalue weighted by Gasteiger charge is 2.35. The van der Waals surface area contributed by atoms with Gasteiger partial charge < -0.3 is 4.74 Å². The van der Waals surface area contributed by atoms with Crippen LogP contribution in [0.15, 0.2) is 53.6 Å². The van der Waals surface area contributed by atoms with Crippen LogP contribution in [0.25, 0.3) is 0 Å². The minimum absolute atomic E-state index is 0.109. The molecule has 2 aliphatic heterocycles. The Bertz CT molecular complexity index is 1020. The summed E-state index contributed by atoms with van der Waals surface area (Å²) >= 11 is 0. The third kappa shape index (κ3) is 5.47. The van der Waals surface area contributed by atoms with Crippen molar-refractivity contribution in [2.45, 2.75) is 39.2 Å². The van der Waals surface area contributed by atoms with Crippen LogP contribution in [-0.4, -0.2) is 53.7 Å². The molecule has 7 heteroatoms. The molecule has 0 saturated carbocycles. The van der Waals surface area contributed by atoms with Gasteiger partial charge in [0.2, 0.25) is 0 Å². The zero-order valence-corrected chi connectivity index (χ0v) is 19.2. The monoisotopic (exact) mass is 451 g/mol. The molecule has 2 aromatic carbocycles. The fraction of sp³-hybridized carbons (Fsp3) is 0.423. The Kier molecular flexibility index (Phi) is 7.18. The first kappa shape index (κ1) is 23.1. The first-order valence-corrected chi connectivity index (χ1v) is 11.6. The summed E-state index contributed by atoms with van der Waals surface area (Å²) in [6, 6.07) is 14.1. The number of ether oxygens (including phenoxy) is 1. The Morgan fingerprint density at radius 2 is 1.85 bits per heavy atom. The summed E-state index contributed by atoms with van der Waals surface area (Å²) in [6.07, 6.45) is 2.19. The van der Waals surface area contributed by atoms with Gasteiger partial charge in [0.25, 0.3) is 5.91 Å². The van der Waals surface area contributed by atoms with Crippen molar-refractivity contribution in [1.29, 1.82) is 0 Å². The van der Waals surface area contributed by atoms with Gasteiger partial charge in [-0.25, -0.2) is 9.40 Å². The molecule has 0 bridgehead atoms. The minimum Gasteiger partial charge on any atom is -0.466 e. The van der Waals surface area contributed by atoms with Crippen LogP contribution in [0.5, 0.6) is 0 Å². The topological polar surface area (TPSA) is 62.2 Å². The molecule has 174 valence electrons. The van der Waals surface area contributed by atoms with Gasteiger partial charge >= 0.3 is 5.97 Å². The third-order valence-electron chi connectivity index (χ3n) is 6.29. The van der Waals surface area contributed by atoms with Gasteiger partial charge in [-0.15, -0.1) is 0 Å². The molecule has 0 aromatic heterocycles. The van der Waals surface area contributed by atoms with E-state index in [-0.39, 0.29) is 36.2 Å². The number of amides is 1. The van der Waals surface area contributed by atoms with E-state index in [4.69, 9.17) is 4.74 Å². The van der Waals surface area contributed by atoms with E-state index in [0.717, 1.165) is 41.8 Å². The molecule has 0 aliphatic carbocycles. The van der Waals surface area contributed by atoms with Gasteiger partial charge in [0.15, 0.2) is 0 Å². The van der Waals surface area contributed by atoms with Crippen LogP contribution in [-0.2, 0) is 14.3 Å². The van der Waals surface area contributed by atoms with Crippen molar-refractivity contribution in [3.05, 3.63) is 71.0 Å². The van der Waals surface area contributed by atoms with Gasteiger partial charge in [0.1, 0.15) is 5.82 Å². The molecule has 0 spiro atoms. The molecular formula is C26H30FN3O3. The number of halogens is 1. The number of carbonyl (C=O) groups excluding carboxylic acids is 2. The van der Waals surface area contributed by atoms with Gasteiger partial charge in [-0.3, -0.25) is 14.5 Å². The van der Waals surface area contributed by atoms with Crippen molar-refractivity contribution in [3.63, 3.8) is 0 Å². The maximum atomic E-state index is 13.4. The smallest absolute Gasteiger partial charge is 0.310 e. The maximum Gasteiger partial charge on any atom is 0.310 e. The van der Waals surface area contributed by atoms with Gasteiger partial charge in [-0.1, -0.05) is 42.0 Å². The number of aryl methyl sites for hydroxylation is 1. The lowest BCUT2D eigenvalue weighted by atomic mass is 9.97. The van der Waals surface area contributed by atoms with E-state index in [9.17, 15) is 14.0 Å². The Morgan fingerprint density at radius 3 is 2.55 bits per heavy atom. The van der Waals surface area contributed by atoms with Crippen LogP contribution in [0.1, 0.15) is 48.9 Å². The lowest BCUT2D eigenvalue weighted by Gasteiger charge is -2.32. The molecule has 2 atom stereocenters. The Labute approximate surface area is 194 Å². The second-order valence-electron chi connectivity index (χ2n) is 8.75. The fourth-order valence-electron chi connectivity index (χ4n) is 4.52. The standard InChI is InChI=1S/C26H30FN3O3/c1-3-33-26(32)21-5-4-14-29(16-21)17-25(31)30-24(20-8-6-18(2)7-9-20)15-23(28-30)19-10-12-22(27)13-11-19/h6-13,21,24H,3-5,14-17H2,1-2H3/t21-,24+/m1/s1. The molecule has 4 rings (SSSR count). The lowest BCUT2D eigenvalue weighted by Crippen LogP contribution is -2.44. The normalized spacial score (nSPS) is 21.1. The molecule has 0 unspecified atom stereocenters. The van der Waals surface area contributed by atoms with E-state index in [1.54, 1.807) is 24.1 Å². The Balaban J connectivity index is 1.53. The summed E-state index contributed by atoms with van der Waals surface area (Å²) in [5.41, 5.74) is 3.73. The number of nitrogens with zero attached hydrogens (tertiary/aromatic N) is 3.